The standard InChI is InChI=1S/C21H22/c1-2-17-21(20-15-9-10-16-20,18-11-5-3-6-12-18)19-13-7-4-8-14-19/h3-16,20H,2,17H2,1H3. The Labute approximate surface area is 127 Å². The highest BCUT2D eigenvalue weighted by Gasteiger charge is 2.39. The smallest absolute Gasteiger partial charge is 0.0300 e. The van der Waals surface area contributed by atoms with Crippen molar-refractivity contribution in [1.29, 1.82) is 0 Å². The van der Waals surface area contributed by atoms with E-state index in [0.29, 0.717) is 5.92 Å². The lowest BCUT2D eigenvalue weighted by molar-refractivity contribution is 0.403. The van der Waals surface area contributed by atoms with E-state index in [2.05, 4.69) is 91.9 Å². The van der Waals surface area contributed by atoms with Gasteiger partial charge in [0.05, 0.1) is 0 Å². The first-order chi connectivity index (χ1) is 10.4. The molecule has 21 heavy (non-hydrogen) atoms. The van der Waals surface area contributed by atoms with Crippen LogP contribution in [0.15, 0.2) is 85.0 Å². The second-order valence-corrected chi connectivity index (χ2v) is 5.75. The molecule has 0 radical (unpaired) electrons. The first kappa shape index (κ1) is 13.9. The molecule has 0 aromatic heterocycles. The number of allylic oxidation sites excluding steroid dienone is 4. The van der Waals surface area contributed by atoms with Crippen LogP contribution < -0.4 is 0 Å². The van der Waals surface area contributed by atoms with Gasteiger partial charge < -0.3 is 0 Å². The summed E-state index contributed by atoms with van der Waals surface area (Å²) >= 11 is 0. The molecule has 0 spiro atoms. The summed E-state index contributed by atoms with van der Waals surface area (Å²) in [6, 6.07) is 22.0. The monoisotopic (exact) mass is 274 g/mol. The summed E-state index contributed by atoms with van der Waals surface area (Å²) in [5, 5.41) is 0. The summed E-state index contributed by atoms with van der Waals surface area (Å²) < 4.78 is 0. The van der Waals surface area contributed by atoms with Gasteiger partial charge in [-0.1, -0.05) is 98.3 Å². The minimum absolute atomic E-state index is 0.0424. The predicted molar refractivity (Wildman–Crippen MR) is 90.3 cm³/mol. The van der Waals surface area contributed by atoms with Crippen molar-refractivity contribution in [2.24, 2.45) is 5.92 Å². The molecule has 0 heterocycles. The Morgan fingerprint density at radius 2 is 1.24 bits per heavy atom. The Kier molecular flexibility index (Phi) is 4.06. The highest BCUT2D eigenvalue weighted by atomic mass is 14.4. The maximum Gasteiger partial charge on any atom is 0.0300 e. The summed E-state index contributed by atoms with van der Waals surface area (Å²) in [6.45, 7) is 2.28. The Bertz CT molecular complexity index is 568. The van der Waals surface area contributed by atoms with Crippen LogP contribution in [0.4, 0.5) is 0 Å². The molecule has 0 amide bonds. The van der Waals surface area contributed by atoms with Crippen molar-refractivity contribution >= 4 is 0 Å². The van der Waals surface area contributed by atoms with Crippen molar-refractivity contribution in [3.05, 3.63) is 96.1 Å². The molecule has 0 atom stereocenters. The summed E-state index contributed by atoms with van der Waals surface area (Å²) in [6.07, 6.45) is 11.4. The molecular formula is C21H22. The largest absolute Gasteiger partial charge is 0.0764 e. The van der Waals surface area contributed by atoms with Gasteiger partial charge in [0, 0.05) is 11.3 Å². The van der Waals surface area contributed by atoms with E-state index in [4.69, 9.17) is 0 Å². The second-order valence-electron chi connectivity index (χ2n) is 5.75. The zero-order valence-corrected chi connectivity index (χ0v) is 12.6. The van der Waals surface area contributed by atoms with E-state index in [1.807, 2.05) is 0 Å². The van der Waals surface area contributed by atoms with Gasteiger partial charge in [-0.25, -0.2) is 0 Å². The van der Waals surface area contributed by atoms with E-state index < -0.39 is 0 Å². The topological polar surface area (TPSA) is 0 Å². The fourth-order valence-electron chi connectivity index (χ4n) is 3.63. The van der Waals surface area contributed by atoms with Gasteiger partial charge in [-0.05, 0) is 17.5 Å². The van der Waals surface area contributed by atoms with Crippen molar-refractivity contribution in [1.82, 2.24) is 0 Å². The molecule has 2 aromatic rings. The molecule has 0 fully saturated rings. The van der Waals surface area contributed by atoms with Gasteiger partial charge >= 0.3 is 0 Å². The molecule has 0 N–H and O–H groups in total. The number of hydrogen-bond acceptors (Lipinski definition) is 0. The molecule has 0 aliphatic heterocycles. The van der Waals surface area contributed by atoms with Crippen LogP contribution in [0.25, 0.3) is 0 Å². The Morgan fingerprint density at radius 1 is 0.762 bits per heavy atom. The molecule has 106 valence electrons. The van der Waals surface area contributed by atoms with Crippen molar-refractivity contribution in [2.75, 3.05) is 0 Å². The minimum atomic E-state index is 0.0424. The van der Waals surface area contributed by atoms with Crippen LogP contribution in [0.5, 0.6) is 0 Å². The first-order valence-electron chi connectivity index (χ1n) is 7.84. The number of rotatable bonds is 5. The Balaban J connectivity index is 2.21. The van der Waals surface area contributed by atoms with Crippen molar-refractivity contribution in [2.45, 2.75) is 25.2 Å². The lowest BCUT2D eigenvalue weighted by Crippen LogP contribution is -2.34. The summed E-state index contributed by atoms with van der Waals surface area (Å²) in [4.78, 5) is 0. The highest BCUT2D eigenvalue weighted by molar-refractivity contribution is 5.45. The molecule has 0 saturated heterocycles. The Hall–Kier alpha value is -2.08. The maximum atomic E-state index is 2.34. The van der Waals surface area contributed by atoms with Gasteiger partial charge in [-0.15, -0.1) is 0 Å². The van der Waals surface area contributed by atoms with Gasteiger partial charge in [0.2, 0.25) is 0 Å². The van der Waals surface area contributed by atoms with Crippen LogP contribution in [-0.4, -0.2) is 0 Å². The van der Waals surface area contributed by atoms with Crippen molar-refractivity contribution < 1.29 is 0 Å². The van der Waals surface area contributed by atoms with E-state index in [9.17, 15) is 0 Å². The van der Waals surface area contributed by atoms with Crippen LogP contribution in [0.1, 0.15) is 30.9 Å². The molecule has 3 rings (SSSR count). The normalized spacial score (nSPS) is 14.7. The molecule has 0 unspecified atom stereocenters. The molecule has 0 heteroatoms. The summed E-state index contributed by atoms with van der Waals surface area (Å²) in [5.41, 5.74) is 2.87. The van der Waals surface area contributed by atoms with Gasteiger partial charge in [-0.3, -0.25) is 0 Å². The van der Waals surface area contributed by atoms with Gasteiger partial charge in [0.25, 0.3) is 0 Å². The Morgan fingerprint density at radius 3 is 1.67 bits per heavy atom. The van der Waals surface area contributed by atoms with E-state index in [0.717, 1.165) is 6.42 Å². The van der Waals surface area contributed by atoms with Crippen LogP contribution >= 0.6 is 0 Å². The van der Waals surface area contributed by atoms with Gasteiger partial charge in [0.1, 0.15) is 0 Å². The summed E-state index contributed by atoms with van der Waals surface area (Å²) in [7, 11) is 0. The van der Waals surface area contributed by atoms with Crippen LogP contribution in [0.2, 0.25) is 0 Å². The third kappa shape index (κ3) is 2.47. The SMILES string of the molecule is CCCC(c1ccccc1)(c1ccccc1)C1C=CC=C1. The van der Waals surface area contributed by atoms with E-state index in [1.165, 1.54) is 17.5 Å². The second kappa shape index (κ2) is 6.13. The molecular weight excluding hydrogens is 252 g/mol. The fraction of sp³-hybridized carbons (Fsp3) is 0.238. The molecule has 0 bridgehead atoms. The zero-order chi connectivity index (χ0) is 14.5. The minimum Gasteiger partial charge on any atom is -0.0764 e. The zero-order valence-electron chi connectivity index (χ0n) is 12.6. The van der Waals surface area contributed by atoms with Crippen LogP contribution in [-0.2, 0) is 5.41 Å². The fourth-order valence-corrected chi connectivity index (χ4v) is 3.63. The van der Waals surface area contributed by atoms with Gasteiger partial charge in [-0.2, -0.15) is 0 Å². The molecule has 0 saturated carbocycles. The third-order valence-electron chi connectivity index (χ3n) is 4.54. The van der Waals surface area contributed by atoms with Crippen LogP contribution in [0, 0.1) is 5.92 Å². The van der Waals surface area contributed by atoms with Crippen LogP contribution in [0.3, 0.4) is 0 Å². The van der Waals surface area contributed by atoms with E-state index >= 15 is 0 Å². The molecule has 1 aliphatic rings. The number of benzene rings is 2. The molecule has 2 aromatic carbocycles. The maximum absolute atomic E-state index is 2.34. The van der Waals surface area contributed by atoms with Crippen molar-refractivity contribution in [3.63, 3.8) is 0 Å². The molecule has 1 aliphatic carbocycles. The third-order valence-corrected chi connectivity index (χ3v) is 4.54. The predicted octanol–water partition coefficient (Wildman–Crippen LogP) is 5.52. The quantitative estimate of drug-likeness (QED) is 0.674. The average Bonchev–Trinajstić information content (AvgIpc) is 3.09. The van der Waals surface area contributed by atoms with E-state index in [-0.39, 0.29) is 5.41 Å². The average molecular weight is 274 g/mol. The summed E-state index contributed by atoms with van der Waals surface area (Å²) in [5.74, 6) is 0.433. The van der Waals surface area contributed by atoms with E-state index in [1.54, 1.807) is 0 Å². The first-order valence-corrected chi connectivity index (χ1v) is 7.84. The van der Waals surface area contributed by atoms with Crippen molar-refractivity contribution in [3.8, 4) is 0 Å². The lowest BCUT2D eigenvalue weighted by atomic mass is 9.63. The lowest BCUT2D eigenvalue weighted by Gasteiger charge is -2.39. The van der Waals surface area contributed by atoms with Gasteiger partial charge in [0.15, 0.2) is 0 Å². The molecule has 0 nitrogen and oxygen atoms in total. The highest BCUT2D eigenvalue weighted by Crippen LogP contribution is 2.45. The number of hydrogen-bond donors (Lipinski definition) is 0.